The Morgan fingerprint density at radius 2 is 2.11 bits per heavy atom. The number of halogens is 4. The molecule has 0 unspecified atom stereocenters. The quantitative estimate of drug-likeness (QED) is 0.486. The molecule has 0 bridgehead atoms. The molecule has 0 aliphatic rings. The molecule has 19 heavy (non-hydrogen) atoms. The number of nitriles is 1. The summed E-state index contributed by atoms with van der Waals surface area (Å²) in [6.45, 7) is 1.41. The van der Waals surface area contributed by atoms with E-state index in [9.17, 15) is 22.4 Å². The second-order valence-electron chi connectivity index (χ2n) is 3.21. The Labute approximate surface area is 110 Å². The number of alkyl halides is 3. The van der Waals surface area contributed by atoms with Crippen molar-refractivity contribution in [2.45, 2.75) is 17.3 Å². The monoisotopic (exact) mass is 293 g/mol. The lowest BCUT2D eigenvalue weighted by molar-refractivity contribution is -0.0328. The van der Waals surface area contributed by atoms with Crippen LogP contribution in [0.15, 0.2) is 17.0 Å². The summed E-state index contributed by atoms with van der Waals surface area (Å²) in [6.07, 6.45) is 0. The number of carbonyl (C=O) groups excluding carboxylic acids is 1. The smallest absolute Gasteiger partial charge is 0.446 e. The first kappa shape index (κ1) is 15.3. The number of nitrogens with zero attached hydrogens (tertiary/aromatic N) is 1. The molecule has 8 heteroatoms. The highest BCUT2D eigenvalue weighted by atomic mass is 32.2. The molecule has 0 amide bonds. The summed E-state index contributed by atoms with van der Waals surface area (Å²) in [7, 11) is 0. The van der Waals surface area contributed by atoms with Crippen molar-refractivity contribution in [3.63, 3.8) is 0 Å². The number of thioether (sulfide) groups is 1. The predicted octanol–water partition coefficient (Wildman–Crippen LogP) is 3.49. The van der Waals surface area contributed by atoms with Crippen molar-refractivity contribution in [2.75, 3.05) is 6.61 Å². The van der Waals surface area contributed by atoms with Crippen LogP contribution in [-0.2, 0) is 4.74 Å². The van der Waals surface area contributed by atoms with Gasteiger partial charge in [-0.3, -0.25) is 0 Å². The van der Waals surface area contributed by atoms with Gasteiger partial charge in [0.2, 0.25) is 0 Å². The summed E-state index contributed by atoms with van der Waals surface area (Å²) >= 11 is -0.537. The Hall–Kier alpha value is -1.75. The van der Waals surface area contributed by atoms with E-state index in [1.807, 2.05) is 0 Å². The molecule has 102 valence electrons. The van der Waals surface area contributed by atoms with Crippen molar-refractivity contribution >= 4 is 17.7 Å². The molecular formula is C11H7F4NO2S. The molecule has 1 aromatic carbocycles. The first-order valence-corrected chi connectivity index (χ1v) is 5.76. The molecule has 0 saturated heterocycles. The lowest BCUT2D eigenvalue weighted by Gasteiger charge is -2.09. The highest BCUT2D eigenvalue weighted by Crippen LogP contribution is 2.38. The molecule has 0 spiro atoms. The molecular weight excluding hydrogens is 286 g/mol. The Bertz CT molecular complexity index is 537. The van der Waals surface area contributed by atoms with Crippen LogP contribution in [0.4, 0.5) is 17.6 Å². The Morgan fingerprint density at radius 3 is 2.58 bits per heavy atom. The Morgan fingerprint density at radius 1 is 1.47 bits per heavy atom. The molecule has 0 aromatic heterocycles. The molecule has 0 N–H and O–H groups in total. The van der Waals surface area contributed by atoms with E-state index in [0.717, 1.165) is 6.07 Å². The van der Waals surface area contributed by atoms with Crippen LogP contribution in [-0.4, -0.2) is 18.1 Å². The van der Waals surface area contributed by atoms with Crippen molar-refractivity contribution in [3.8, 4) is 6.07 Å². The molecule has 3 nitrogen and oxygen atoms in total. The van der Waals surface area contributed by atoms with Crippen molar-refractivity contribution < 1.29 is 27.1 Å². The van der Waals surface area contributed by atoms with Crippen LogP contribution in [0.2, 0.25) is 0 Å². The SMILES string of the molecule is CCOC(=O)c1cc(SC(F)(F)F)cc(C#N)c1F. The molecule has 0 radical (unpaired) electrons. The normalized spacial score (nSPS) is 10.9. The van der Waals surface area contributed by atoms with E-state index in [0.29, 0.717) is 6.07 Å². The van der Waals surface area contributed by atoms with Crippen molar-refractivity contribution in [3.05, 3.63) is 29.1 Å². The van der Waals surface area contributed by atoms with Gasteiger partial charge in [0.05, 0.1) is 17.7 Å². The maximum absolute atomic E-state index is 13.6. The molecule has 1 aromatic rings. The Balaban J connectivity index is 3.27. The summed E-state index contributed by atoms with van der Waals surface area (Å²) in [5.41, 5.74) is -5.93. The highest BCUT2D eigenvalue weighted by Gasteiger charge is 2.30. The number of benzene rings is 1. The Kier molecular flexibility index (Phi) is 4.78. The third-order valence-corrected chi connectivity index (χ3v) is 2.60. The van der Waals surface area contributed by atoms with Gasteiger partial charge in [0.15, 0.2) is 5.82 Å². The number of hydrogen-bond donors (Lipinski definition) is 0. The van der Waals surface area contributed by atoms with E-state index in [1.54, 1.807) is 0 Å². The largest absolute Gasteiger partial charge is 0.462 e. The third-order valence-electron chi connectivity index (χ3n) is 1.90. The number of esters is 1. The average Bonchev–Trinajstić information content (AvgIpc) is 2.29. The van der Waals surface area contributed by atoms with Crippen LogP contribution >= 0.6 is 11.8 Å². The lowest BCUT2D eigenvalue weighted by atomic mass is 10.1. The van der Waals surface area contributed by atoms with Crippen LogP contribution < -0.4 is 0 Å². The zero-order valence-corrected chi connectivity index (χ0v) is 10.4. The van der Waals surface area contributed by atoms with Gasteiger partial charge in [0.25, 0.3) is 0 Å². The minimum atomic E-state index is -4.60. The van der Waals surface area contributed by atoms with Crippen LogP contribution in [0.3, 0.4) is 0 Å². The van der Waals surface area contributed by atoms with Gasteiger partial charge in [-0.05, 0) is 30.8 Å². The zero-order valence-electron chi connectivity index (χ0n) is 9.55. The summed E-state index contributed by atoms with van der Waals surface area (Å²) in [6, 6.07) is 2.84. The van der Waals surface area contributed by atoms with Gasteiger partial charge in [-0.15, -0.1) is 0 Å². The van der Waals surface area contributed by atoms with E-state index in [-0.39, 0.29) is 6.61 Å². The topological polar surface area (TPSA) is 50.1 Å². The maximum atomic E-state index is 13.6. The summed E-state index contributed by atoms with van der Waals surface area (Å²) in [5.74, 6) is -2.30. The van der Waals surface area contributed by atoms with Crippen LogP contribution in [0, 0.1) is 17.1 Å². The minimum absolute atomic E-state index is 0.0587. The third kappa shape index (κ3) is 4.13. The summed E-state index contributed by atoms with van der Waals surface area (Å²) < 4.78 is 54.8. The van der Waals surface area contributed by atoms with Crippen molar-refractivity contribution in [2.24, 2.45) is 0 Å². The molecule has 0 atom stereocenters. The number of hydrogen-bond acceptors (Lipinski definition) is 4. The van der Waals surface area contributed by atoms with E-state index in [1.165, 1.54) is 13.0 Å². The second-order valence-corrected chi connectivity index (χ2v) is 4.35. The van der Waals surface area contributed by atoms with E-state index in [2.05, 4.69) is 4.74 Å². The van der Waals surface area contributed by atoms with Gasteiger partial charge >= 0.3 is 11.5 Å². The molecule has 0 aliphatic carbocycles. The van der Waals surface area contributed by atoms with Gasteiger partial charge in [-0.25, -0.2) is 9.18 Å². The van der Waals surface area contributed by atoms with Crippen LogP contribution in [0.1, 0.15) is 22.8 Å². The first-order chi connectivity index (χ1) is 8.78. The van der Waals surface area contributed by atoms with E-state index >= 15 is 0 Å². The molecule has 0 saturated carbocycles. The standard InChI is InChI=1S/C11H7F4NO2S/c1-2-18-10(17)8-4-7(19-11(13,14)15)3-6(5-16)9(8)12/h3-4H,2H2,1H3. The molecule has 0 heterocycles. The van der Waals surface area contributed by atoms with Gasteiger partial charge in [0, 0.05) is 4.90 Å². The summed E-state index contributed by atoms with van der Waals surface area (Å²) in [4.78, 5) is 10.9. The fraction of sp³-hybridized carbons (Fsp3) is 0.273. The number of ether oxygens (including phenoxy) is 1. The first-order valence-electron chi connectivity index (χ1n) is 4.95. The van der Waals surface area contributed by atoms with Crippen molar-refractivity contribution in [1.29, 1.82) is 5.26 Å². The van der Waals surface area contributed by atoms with Crippen LogP contribution in [0.25, 0.3) is 0 Å². The fourth-order valence-electron chi connectivity index (χ4n) is 1.23. The van der Waals surface area contributed by atoms with Crippen molar-refractivity contribution in [1.82, 2.24) is 0 Å². The maximum Gasteiger partial charge on any atom is 0.446 e. The van der Waals surface area contributed by atoms with E-state index < -0.39 is 45.1 Å². The second kappa shape index (κ2) is 5.93. The average molecular weight is 293 g/mol. The van der Waals surface area contributed by atoms with Gasteiger partial charge in [-0.2, -0.15) is 18.4 Å². The molecule has 0 fully saturated rings. The number of carbonyl (C=O) groups is 1. The molecule has 0 aliphatic heterocycles. The fourth-order valence-corrected chi connectivity index (χ4v) is 1.85. The van der Waals surface area contributed by atoms with Crippen LogP contribution in [0.5, 0.6) is 0 Å². The van der Waals surface area contributed by atoms with E-state index in [4.69, 9.17) is 5.26 Å². The van der Waals surface area contributed by atoms with Gasteiger partial charge in [-0.1, -0.05) is 0 Å². The zero-order chi connectivity index (χ0) is 14.6. The lowest BCUT2D eigenvalue weighted by Crippen LogP contribution is -2.09. The highest BCUT2D eigenvalue weighted by molar-refractivity contribution is 8.00. The predicted molar refractivity (Wildman–Crippen MR) is 59.0 cm³/mol. The minimum Gasteiger partial charge on any atom is -0.462 e. The van der Waals surface area contributed by atoms with Gasteiger partial charge in [0.1, 0.15) is 6.07 Å². The molecule has 1 rings (SSSR count). The number of rotatable bonds is 3. The summed E-state index contributed by atoms with van der Waals surface area (Å²) in [5, 5.41) is 8.64. The van der Waals surface area contributed by atoms with Gasteiger partial charge < -0.3 is 4.74 Å².